The van der Waals surface area contributed by atoms with Gasteiger partial charge in [0.1, 0.15) is 0 Å². The third-order valence-electron chi connectivity index (χ3n) is 4.07. The van der Waals surface area contributed by atoms with Gasteiger partial charge in [-0.25, -0.2) is 0 Å². The second kappa shape index (κ2) is 10.5. The van der Waals surface area contributed by atoms with E-state index in [2.05, 4.69) is 53.4 Å². The SMILES string of the molecule is CCN(CCNC(=NC)NC(C)Cc1ccc(C)s1)C1CC1.I. The molecule has 0 amide bonds. The van der Waals surface area contributed by atoms with E-state index in [-0.39, 0.29) is 24.0 Å². The van der Waals surface area contributed by atoms with Gasteiger partial charge >= 0.3 is 0 Å². The van der Waals surface area contributed by atoms with Crippen LogP contribution < -0.4 is 10.6 Å². The maximum absolute atomic E-state index is 4.34. The van der Waals surface area contributed by atoms with E-state index in [1.54, 1.807) is 0 Å². The lowest BCUT2D eigenvalue weighted by Gasteiger charge is -2.22. The largest absolute Gasteiger partial charge is 0.355 e. The molecule has 132 valence electrons. The zero-order chi connectivity index (χ0) is 15.9. The minimum Gasteiger partial charge on any atom is -0.355 e. The predicted octanol–water partition coefficient (Wildman–Crippen LogP) is 3.25. The molecule has 0 radical (unpaired) electrons. The molecule has 2 rings (SSSR count). The summed E-state index contributed by atoms with van der Waals surface area (Å²) in [5.74, 6) is 0.910. The molecule has 0 aliphatic heterocycles. The molecule has 1 atom stereocenters. The minimum absolute atomic E-state index is 0. The van der Waals surface area contributed by atoms with Crippen LogP contribution in [0.5, 0.6) is 0 Å². The summed E-state index contributed by atoms with van der Waals surface area (Å²) in [6, 6.07) is 5.64. The van der Waals surface area contributed by atoms with Gasteiger partial charge in [-0.15, -0.1) is 35.3 Å². The first-order valence-corrected chi connectivity index (χ1v) is 9.20. The number of hydrogen-bond acceptors (Lipinski definition) is 3. The van der Waals surface area contributed by atoms with Crippen molar-refractivity contribution in [2.24, 2.45) is 4.99 Å². The molecule has 1 aliphatic carbocycles. The van der Waals surface area contributed by atoms with Gasteiger partial charge < -0.3 is 10.6 Å². The average molecular weight is 450 g/mol. The monoisotopic (exact) mass is 450 g/mol. The van der Waals surface area contributed by atoms with Crippen molar-refractivity contribution in [2.45, 2.75) is 52.1 Å². The number of nitrogens with one attached hydrogen (secondary N) is 2. The zero-order valence-electron chi connectivity index (χ0n) is 14.8. The summed E-state index contributed by atoms with van der Waals surface area (Å²) in [7, 11) is 1.84. The zero-order valence-corrected chi connectivity index (χ0v) is 17.9. The summed E-state index contributed by atoms with van der Waals surface area (Å²) in [6.45, 7) is 9.81. The smallest absolute Gasteiger partial charge is 0.191 e. The van der Waals surface area contributed by atoms with Gasteiger partial charge in [0, 0.05) is 48.4 Å². The summed E-state index contributed by atoms with van der Waals surface area (Å²) >= 11 is 1.88. The van der Waals surface area contributed by atoms with E-state index in [1.807, 2.05) is 18.4 Å². The van der Waals surface area contributed by atoms with Crippen LogP contribution in [-0.2, 0) is 6.42 Å². The molecular formula is C17H31IN4S. The number of hydrogen-bond donors (Lipinski definition) is 2. The molecule has 0 saturated heterocycles. The fraction of sp³-hybridized carbons (Fsp3) is 0.706. The van der Waals surface area contributed by atoms with Gasteiger partial charge in [0.25, 0.3) is 0 Å². The molecule has 0 spiro atoms. The van der Waals surface area contributed by atoms with Crippen LogP contribution in [0.2, 0.25) is 0 Å². The highest BCUT2D eigenvalue weighted by molar-refractivity contribution is 14.0. The van der Waals surface area contributed by atoms with Gasteiger partial charge in [-0.1, -0.05) is 6.92 Å². The number of likely N-dealkylation sites (N-methyl/N-ethyl adjacent to an activating group) is 1. The molecule has 0 bridgehead atoms. The first-order chi connectivity index (χ1) is 10.6. The van der Waals surface area contributed by atoms with Crippen molar-refractivity contribution in [3.63, 3.8) is 0 Å². The molecule has 6 heteroatoms. The van der Waals surface area contributed by atoms with Crippen molar-refractivity contribution in [3.8, 4) is 0 Å². The van der Waals surface area contributed by atoms with E-state index in [9.17, 15) is 0 Å². The molecule has 1 saturated carbocycles. The van der Waals surface area contributed by atoms with Crippen LogP contribution in [-0.4, -0.2) is 49.6 Å². The molecule has 0 aromatic carbocycles. The molecule has 1 unspecified atom stereocenters. The summed E-state index contributed by atoms with van der Waals surface area (Å²) in [5.41, 5.74) is 0. The van der Waals surface area contributed by atoms with Crippen LogP contribution >= 0.6 is 35.3 Å². The number of aryl methyl sites for hydroxylation is 1. The van der Waals surface area contributed by atoms with Gasteiger partial charge in [-0.2, -0.15) is 0 Å². The Morgan fingerprint density at radius 3 is 2.70 bits per heavy atom. The van der Waals surface area contributed by atoms with Crippen LogP contribution in [0.25, 0.3) is 0 Å². The Labute approximate surface area is 162 Å². The van der Waals surface area contributed by atoms with Crippen molar-refractivity contribution in [1.29, 1.82) is 0 Å². The molecule has 1 heterocycles. The second-order valence-corrected chi connectivity index (χ2v) is 7.49. The highest BCUT2D eigenvalue weighted by atomic mass is 127. The van der Waals surface area contributed by atoms with Crippen LogP contribution in [0.15, 0.2) is 17.1 Å². The Morgan fingerprint density at radius 2 is 2.17 bits per heavy atom. The van der Waals surface area contributed by atoms with E-state index in [0.29, 0.717) is 6.04 Å². The highest BCUT2D eigenvalue weighted by Crippen LogP contribution is 2.25. The predicted molar refractivity (Wildman–Crippen MR) is 112 cm³/mol. The average Bonchev–Trinajstić information content (AvgIpc) is 3.25. The number of thiophene rings is 1. The van der Waals surface area contributed by atoms with E-state index in [0.717, 1.165) is 38.1 Å². The van der Waals surface area contributed by atoms with Crippen LogP contribution in [0.1, 0.15) is 36.4 Å². The Hall–Kier alpha value is -0.340. The van der Waals surface area contributed by atoms with E-state index >= 15 is 0 Å². The van der Waals surface area contributed by atoms with Crippen LogP contribution in [0.4, 0.5) is 0 Å². The van der Waals surface area contributed by atoms with E-state index in [4.69, 9.17) is 0 Å². The molecule has 2 N–H and O–H groups in total. The number of guanidine groups is 1. The third kappa shape index (κ3) is 7.39. The van der Waals surface area contributed by atoms with E-state index < -0.39 is 0 Å². The van der Waals surface area contributed by atoms with Crippen molar-refractivity contribution >= 4 is 41.3 Å². The molecule has 4 nitrogen and oxygen atoms in total. The molecule has 23 heavy (non-hydrogen) atoms. The van der Waals surface area contributed by atoms with Crippen molar-refractivity contribution in [2.75, 3.05) is 26.7 Å². The Kier molecular flexibility index (Phi) is 9.46. The molecular weight excluding hydrogens is 419 g/mol. The van der Waals surface area contributed by atoms with Gasteiger partial charge in [0.05, 0.1) is 0 Å². The standard InChI is InChI=1S/C17H30N4S.HI/c1-5-21(15-7-8-15)11-10-19-17(18-4)20-13(2)12-16-9-6-14(3)22-16;/h6,9,13,15H,5,7-8,10-12H2,1-4H3,(H2,18,19,20);1H. The van der Waals surface area contributed by atoms with Gasteiger partial charge in [-0.3, -0.25) is 9.89 Å². The van der Waals surface area contributed by atoms with Crippen LogP contribution in [0.3, 0.4) is 0 Å². The first-order valence-electron chi connectivity index (χ1n) is 8.39. The lowest BCUT2D eigenvalue weighted by atomic mass is 10.2. The molecule has 1 aromatic heterocycles. The van der Waals surface area contributed by atoms with Crippen molar-refractivity contribution < 1.29 is 0 Å². The lowest BCUT2D eigenvalue weighted by Crippen LogP contribution is -2.45. The normalized spacial score (nSPS) is 16.1. The topological polar surface area (TPSA) is 39.7 Å². The highest BCUT2D eigenvalue weighted by Gasteiger charge is 2.27. The number of halogens is 1. The van der Waals surface area contributed by atoms with E-state index in [1.165, 1.54) is 22.6 Å². The number of rotatable bonds is 8. The maximum atomic E-state index is 4.34. The quantitative estimate of drug-likeness (QED) is 0.363. The third-order valence-corrected chi connectivity index (χ3v) is 5.09. The molecule has 1 fully saturated rings. The second-order valence-electron chi connectivity index (χ2n) is 6.12. The summed E-state index contributed by atoms with van der Waals surface area (Å²) in [4.78, 5) is 9.70. The maximum Gasteiger partial charge on any atom is 0.191 e. The number of aliphatic imine (C=N–C) groups is 1. The van der Waals surface area contributed by atoms with Crippen molar-refractivity contribution in [3.05, 3.63) is 21.9 Å². The van der Waals surface area contributed by atoms with Crippen LogP contribution in [0, 0.1) is 6.92 Å². The van der Waals surface area contributed by atoms with Gasteiger partial charge in [0.15, 0.2) is 5.96 Å². The summed E-state index contributed by atoms with van der Waals surface area (Å²) in [6.07, 6.45) is 3.79. The molecule has 1 aromatic rings. The summed E-state index contributed by atoms with van der Waals surface area (Å²) < 4.78 is 0. The molecule has 1 aliphatic rings. The Balaban J connectivity index is 0.00000264. The lowest BCUT2D eigenvalue weighted by molar-refractivity contribution is 0.282. The number of nitrogens with zero attached hydrogens (tertiary/aromatic N) is 2. The van der Waals surface area contributed by atoms with Crippen molar-refractivity contribution in [1.82, 2.24) is 15.5 Å². The Morgan fingerprint density at radius 1 is 1.43 bits per heavy atom. The summed E-state index contributed by atoms with van der Waals surface area (Å²) in [5, 5.41) is 6.93. The fourth-order valence-electron chi connectivity index (χ4n) is 2.73. The minimum atomic E-state index is 0. The Bertz CT molecular complexity index is 485. The van der Waals surface area contributed by atoms with Gasteiger partial charge in [0.2, 0.25) is 0 Å². The fourth-order valence-corrected chi connectivity index (χ4v) is 3.75. The van der Waals surface area contributed by atoms with Gasteiger partial charge in [-0.05, 0) is 45.4 Å². The first kappa shape index (κ1) is 20.7.